The summed E-state index contributed by atoms with van der Waals surface area (Å²) >= 11 is 0. The Hall–Kier alpha value is -2.56. The summed E-state index contributed by atoms with van der Waals surface area (Å²) in [5.74, 6) is -5.58. The van der Waals surface area contributed by atoms with Crippen LogP contribution in [0, 0.1) is 34.3 Å². The quantitative estimate of drug-likeness (QED) is 0.493. The van der Waals surface area contributed by atoms with Crippen LogP contribution in [0.15, 0.2) is 42.0 Å². The zero-order valence-corrected chi connectivity index (χ0v) is 22.1. The second kappa shape index (κ2) is 8.97. The van der Waals surface area contributed by atoms with Gasteiger partial charge in [-0.05, 0) is 62.0 Å². The van der Waals surface area contributed by atoms with Crippen LogP contribution in [0.5, 0.6) is 0 Å². The second-order valence-electron chi connectivity index (χ2n) is 11.4. The molecule has 2 unspecified atom stereocenters. The lowest BCUT2D eigenvalue weighted by Crippen LogP contribution is -2.70. The van der Waals surface area contributed by atoms with E-state index in [0.717, 1.165) is 24.3 Å². The van der Waals surface area contributed by atoms with Gasteiger partial charge >= 0.3 is 5.97 Å². The largest absolute Gasteiger partial charge is 0.479 e. The van der Waals surface area contributed by atoms with Crippen LogP contribution in [0.1, 0.15) is 58.8 Å². The van der Waals surface area contributed by atoms with Gasteiger partial charge in [-0.3, -0.25) is 4.79 Å². The van der Waals surface area contributed by atoms with Crippen LogP contribution in [0.3, 0.4) is 0 Å². The van der Waals surface area contributed by atoms with Crippen molar-refractivity contribution in [2.45, 2.75) is 82.9 Å². The van der Waals surface area contributed by atoms with Crippen LogP contribution in [-0.4, -0.2) is 51.6 Å². The molecule has 4 fully saturated rings. The van der Waals surface area contributed by atoms with Crippen molar-refractivity contribution in [3.63, 3.8) is 0 Å². The van der Waals surface area contributed by atoms with E-state index in [1.54, 1.807) is 6.92 Å². The molecule has 1 aromatic carbocycles. The maximum Gasteiger partial charge on any atom is 0.339 e. The zero-order valence-electron chi connectivity index (χ0n) is 22.1. The van der Waals surface area contributed by atoms with E-state index >= 15 is 8.78 Å². The molecule has 1 aromatic rings. The van der Waals surface area contributed by atoms with Crippen molar-refractivity contribution in [3.8, 4) is 0 Å². The maximum atomic E-state index is 17.2. The first kappa shape index (κ1) is 28.0. The Labute approximate surface area is 223 Å². The Morgan fingerprint density at radius 1 is 1.13 bits per heavy atom. The van der Waals surface area contributed by atoms with Crippen LogP contribution in [0.2, 0.25) is 0 Å². The minimum absolute atomic E-state index is 0.0321. The van der Waals surface area contributed by atoms with Gasteiger partial charge in [0.25, 0.3) is 0 Å². The molecule has 4 aliphatic carbocycles. The first-order chi connectivity index (χ1) is 18.3. The van der Waals surface area contributed by atoms with Gasteiger partial charge in [0.2, 0.25) is 0 Å². The molecule has 10 heteroatoms. The molecule has 10 atom stereocenters. The fourth-order valence-corrected chi connectivity index (χ4v) is 8.15. The molecule has 3 saturated carbocycles. The second-order valence-corrected chi connectivity index (χ2v) is 11.4. The molecule has 6 rings (SSSR count). The third kappa shape index (κ3) is 3.37. The molecule has 39 heavy (non-hydrogen) atoms. The van der Waals surface area contributed by atoms with Crippen LogP contribution in [-0.2, 0) is 19.1 Å². The van der Waals surface area contributed by atoms with E-state index in [4.69, 9.17) is 9.47 Å². The van der Waals surface area contributed by atoms with Crippen molar-refractivity contribution < 1.29 is 46.8 Å². The normalized spacial score (nSPS) is 45.8. The summed E-state index contributed by atoms with van der Waals surface area (Å²) < 4.78 is 72.6. The third-order valence-corrected chi connectivity index (χ3v) is 9.90. The van der Waals surface area contributed by atoms with E-state index in [-0.39, 0.29) is 30.4 Å². The van der Waals surface area contributed by atoms with Crippen molar-refractivity contribution in [1.29, 1.82) is 0 Å². The van der Waals surface area contributed by atoms with E-state index in [0.29, 0.717) is 6.07 Å². The summed E-state index contributed by atoms with van der Waals surface area (Å²) in [5, 5.41) is 21.8. The van der Waals surface area contributed by atoms with Crippen LogP contribution in [0.4, 0.5) is 17.6 Å². The van der Waals surface area contributed by atoms with Crippen molar-refractivity contribution in [2.75, 3.05) is 0 Å². The third-order valence-electron chi connectivity index (χ3n) is 9.90. The number of fused-ring (bicyclic) bond motifs is 7. The number of hydrogen-bond donors (Lipinski definition) is 2. The Kier molecular flexibility index (Phi) is 6.44. The Balaban J connectivity index is 0.00000151. The van der Waals surface area contributed by atoms with Gasteiger partial charge in [0.05, 0.1) is 6.10 Å². The summed E-state index contributed by atoms with van der Waals surface area (Å²) in [5.41, 5.74) is -7.73. The number of allylic oxidation sites excluding steroid dienone is 4. The molecule has 0 radical (unpaired) electrons. The lowest BCUT2D eigenvalue weighted by atomic mass is 9.44. The molecule has 0 aromatic heterocycles. The van der Waals surface area contributed by atoms with E-state index in [2.05, 4.69) is 0 Å². The van der Waals surface area contributed by atoms with E-state index in [1.165, 1.54) is 13.0 Å². The van der Waals surface area contributed by atoms with Crippen molar-refractivity contribution in [2.24, 2.45) is 22.7 Å². The van der Waals surface area contributed by atoms with Gasteiger partial charge in [0, 0.05) is 28.4 Å². The molecular weight excluding hydrogens is 520 g/mol. The van der Waals surface area contributed by atoms with Gasteiger partial charge in [0.1, 0.15) is 23.9 Å². The molecular formula is C29H32F4O6. The van der Waals surface area contributed by atoms with Crippen molar-refractivity contribution >= 4 is 11.8 Å². The number of aliphatic hydroxyl groups excluding tert-OH is 1. The van der Waals surface area contributed by atoms with Crippen LogP contribution in [0.25, 0.3) is 0 Å². The number of carbonyl (C=O) groups excluding carboxylic acids is 1. The highest BCUT2D eigenvalue weighted by Crippen LogP contribution is 2.72. The van der Waals surface area contributed by atoms with Crippen LogP contribution >= 0.6 is 0 Å². The fraction of sp³-hybridized carbons (Fsp3) is 0.586. The number of aliphatic hydroxyl groups is 1. The molecule has 0 spiro atoms. The predicted molar refractivity (Wildman–Crippen MR) is 131 cm³/mol. The highest BCUT2D eigenvalue weighted by molar-refractivity contribution is 6.01. The predicted octanol–water partition coefficient (Wildman–Crippen LogP) is 5.16. The minimum Gasteiger partial charge on any atom is -0.479 e. The Bertz CT molecular complexity index is 1280. The number of carboxylic acids is 1. The number of aliphatic carboxylic acids is 1. The van der Waals surface area contributed by atoms with Crippen LogP contribution < -0.4 is 0 Å². The number of ether oxygens (including phenoxy) is 2. The summed E-state index contributed by atoms with van der Waals surface area (Å²) in [7, 11) is 0. The smallest absolute Gasteiger partial charge is 0.339 e. The lowest BCUT2D eigenvalue weighted by molar-refractivity contribution is -0.240. The van der Waals surface area contributed by atoms with Gasteiger partial charge in [0.15, 0.2) is 23.3 Å². The Morgan fingerprint density at radius 3 is 2.46 bits per heavy atom. The molecule has 0 amide bonds. The molecule has 1 aliphatic heterocycles. The maximum absolute atomic E-state index is 17.2. The first-order valence-electron chi connectivity index (χ1n) is 13.3. The topological polar surface area (TPSA) is 93.1 Å². The van der Waals surface area contributed by atoms with E-state index < -0.39 is 82.0 Å². The Morgan fingerprint density at radius 2 is 1.82 bits per heavy atom. The van der Waals surface area contributed by atoms with Gasteiger partial charge in [-0.2, -0.15) is 0 Å². The van der Waals surface area contributed by atoms with Gasteiger partial charge in [-0.25, -0.2) is 22.4 Å². The first-order valence-corrected chi connectivity index (χ1v) is 13.3. The molecule has 0 bridgehead atoms. The summed E-state index contributed by atoms with van der Waals surface area (Å²) in [6, 6.07) is 2.73. The molecule has 2 N–H and O–H groups in total. The minimum atomic E-state index is -2.39. The van der Waals surface area contributed by atoms with E-state index in [9.17, 15) is 28.6 Å². The van der Waals surface area contributed by atoms with Gasteiger partial charge in [-0.15, -0.1) is 0 Å². The average molecular weight is 553 g/mol. The number of halogens is 4. The lowest BCUT2D eigenvalue weighted by Gasteiger charge is -2.62. The van der Waals surface area contributed by atoms with Gasteiger partial charge < -0.3 is 19.7 Å². The SMILES string of the molecule is CC.C[C@]12C=CC(=O)C=C1[C@@H](F)C[C@H]1C3C[C@H]4OC(c5ccc(F)cc5F)O[C@@]4(C(=O)O)[C@@]3(C)C[C@H](O)[C@@]12F. The fourth-order valence-electron chi connectivity index (χ4n) is 8.15. The molecule has 6 nitrogen and oxygen atoms in total. The number of hydrogen-bond acceptors (Lipinski definition) is 5. The number of carboxylic acid groups (broad SMARTS) is 1. The summed E-state index contributed by atoms with van der Waals surface area (Å²) in [4.78, 5) is 24.8. The summed E-state index contributed by atoms with van der Waals surface area (Å²) in [6.45, 7) is 7.01. The molecule has 212 valence electrons. The highest BCUT2D eigenvalue weighted by atomic mass is 19.2. The molecule has 1 heterocycles. The standard InChI is InChI=1S/C27H26F4O6.C2H6/c1-24-6-5-13(32)8-17(24)19(30)9-16-15-10-21-27(23(34)35,25(15,2)11-20(33)26(16,24)31)37-22(36-21)14-4-3-12(28)7-18(14)29;1-2/h3-8,15-16,19-22,33H,9-11H2,1-2H3,(H,34,35);1-2H3/t15?,16-,19-,20-,21+,22?,24-,25-,26-,27-;/m0./s1. The number of alkyl halides is 2. The van der Waals surface area contributed by atoms with Crippen molar-refractivity contribution in [1.82, 2.24) is 0 Å². The highest BCUT2D eigenvalue weighted by Gasteiger charge is 2.80. The number of carbonyl (C=O) groups is 2. The number of ketones is 1. The monoisotopic (exact) mass is 552 g/mol. The zero-order chi connectivity index (χ0) is 28.7. The summed E-state index contributed by atoms with van der Waals surface area (Å²) in [6.07, 6.45) is -3.21. The van der Waals surface area contributed by atoms with E-state index in [1.807, 2.05) is 13.8 Å². The molecule has 5 aliphatic rings. The average Bonchev–Trinajstić information content (AvgIpc) is 3.37. The van der Waals surface area contributed by atoms with Gasteiger partial charge in [-0.1, -0.05) is 26.8 Å². The number of rotatable bonds is 2. The van der Waals surface area contributed by atoms with Crippen molar-refractivity contribution in [3.05, 3.63) is 59.2 Å². The molecule has 1 saturated heterocycles. The number of benzene rings is 1.